The molecule has 1 aliphatic rings. The average Bonchev–Trinajstić information content (AvgIpc) is 2.54. The fourth-order valence-corrected chi connectivity index (χ4v) is 3.02. The molecule has 1 aliphatic heterocycles. The van der Waals surface area contributed by atoms with Crippen molar-refractivity contribution >= 4 is 11.6 Å². The van der Waals surface area contributed by atoms with Crippen LogP contribution < -0.4 is 10.6 Å². The van der Waals surface area contributed by atoms with Crippen LogP contribution in [0.15, 0.2) is 30.3 Å². The van der Waals surface area contributed by atoms with Crippen LogP contribution in [-0.2, 0) is 4.79 Å². The van der Waals surface area contributed by atoms with Gasteiger partial charge in [-0.05, 0) is 31.4 Å². The lowest BCUT2D eigenvalue weighted by Crippen LogP contribution is -2.52. The molecule has 0 aliphatic carbocycles. The molecule has 1 amide bonds. The molecule has 2 unspecified atom stereocenters. The van der Waals surface area contributed by atoms with Crippen molar-refractivity contribution in [3.8, 4) is 0 Å². The molecule has 21 heavy (non-hydrogen) atoms. The molecule has 1 saturated heterocycles. The van der Waals surface area contributed by atoms with Gasteiger partial charge in [-0.25, -0.2) is 0 Å². The van der Waals surface area contributed by atoms with E-state index in [-0.39, 0.29) is 18.0 Å². The first kappa shape index (κ1) is 15.8. The summed E-state index contributed by atoms with van der Waals surface area (Å²) in [5.41, 5.74) is 7.21. The minimum atomic E-state index is -0.355. The normalized spacial score (nSPS) is 20.1. The number of likely N-dealkylation sites (N-methyl/N-ethyl adjacent to an activating group) is 1. The van der Waals surface area contributed by atoms with E-state index in [0.29, 0.717) is 0 Å². The van der Waals surface area contributed by atoms with E-state index < -0.39 is 0 Å². The predicted molar refractivity (Wildman–Crippen MR) is 87.3 cm³/mol. The highest BCUT2D eigenvalue weighted by molar-refractivity contribution is 5.81. The molecule has 2 N–H and O–H groups in total. The van der Waals surface area contributed by atoms with Crippen LogP contribution in [0, 0.1) is 0 Å². The molecular weight excluding hydrogens is 262 g/mol. The van der Waals surface area contributed by atoms with Gasteiger partial charge in [0.1, 0.15) is 0 Å². The molecule has 0 radical (unpaired) electrons. The summed E-state index contributed by atoms with van der Waals surface area (Å²) in [6.07, 6.45) is 3.88. The minimum absolute atomic E-state index is 0.0803. The molecule has 116 valence electrons. The Kier molecular flexibility index (Phi) is 5.62. The summed E-state index contributed by atoms with van der Waals surface area (Å²) >= 11 is 0. The number of carbonyl (C=O) groups excluding carboxylic acids is 1. The summed E-state index contributed by atoms with van der Waals surface area (Å²) in [6.45, 7) is 4.01. The van der Waals surface area contributed by atoms with E-state index in [1.54, 1.807) is 0 Å². The maximum atomic E-state index is 12.4. The van der Waals surface area contributed by atoms with Crippen molar-refractivity contribution in [2.45, 2.75) is 44.7 Å². The highest BCUT2D eigenvalue weighted by Gasteiger charge is 2.28. The van der Waals surface area contributed by atoms with Gasteiger partial charge >= 0.3 is 0 Å². The number of nitrogens with zero attached hydrogens (tertiary/aromatic N) is 2. The number of hydrogen-bond acceptors (Lipinski definition) is 3. The second-order valence-electron chi connectivity index (χ2n) is 5.92. The van der Waals surface area contributed by atoms with E-state index >= 15 is 0 Å². The maximum absolute atomic E-state index is 12.4. The van der Waals surface area contributed by atoms with Crippen molar-refractivity contribution in [3.05, 3.63) is 30.3 Å². The van der Waals surface area contributed by atoms with Gasteiger partial charge in [0.25, 0.3) is 0 Å². The first-order valence-corrected chi connectivity index (χ1v) is 7.95. The van der Waals surface area contributed by atoms with Gasteiger partial charge in [0.05, 0.1) is 6.04 Å². The van der Waals surface area contributed by atoms with E-state index in [2.05, 4.69) is 36.1 Å². The molecular formula is C17H27N3O. The van der Waals surface area contributed by atoms with Crippen molar-refractivity contribution in [2.75, 3.05) is 25.0 Å². The second-order valence-corrected chi connectivity index (χ2v) is 5.92. The molecule has 4 heteroatoms. The van der Waals surface area contributed by atoms with Crippen LogP contribution in [0.1, 0.15) is 32.6 Å². The Balaban J connectivity index is 1.99. The topological polar surface area (TPSA) is 49.6 Å². The molecule has 0 spiro atoms. The van der Waals surface area contributed by atoms with Crippen molar-refractivity contribution in [1.82, 2.24) is 4.90 Å². The Labute approximate surface area is 127 Å². The number of benzene rings is 1. The SMILES string of the molecule is CCCC(N)C(=O)N(C)C1CCCN(c2ccccc2)C1. The lowest BCUT2D eigenvalue weighted by atomic mass is 10.0. The molecule has 2 rings (SSSR count). The van der Waals surface area contributed by atoms with Crippen LogP contribution in [0.25, 0.3) is 0 Å². The largest absolute Gasteiger partial charge is 0.369 e. The average molecular weight is 289 g/mol. The zero-order chi connectivity index (χ0) is 15.2. The van der Waals surface area contributed by atoms with Crippen molar-refractivity contribution in [3.63, 3.8) is 0 Å². The summed E-state index contributed by atoms with van der Waals surface area (Å²) in [5.74, 6) is 0.0803. The molecule has 2 atom stereocenters. The van der Waals surface area contributed by atoms with Crippen molar-refractivity contribution in [1.29, 1.82) is 0 Å². The molecule has 1 aromatic rings. The molecule has 0 aromatic heterocycles. The Morgan fingerprint density at radius 3 is 2.81 bits per heavy atom. The van der Waals surface area contributed by atoms with Gasteiger partial charge in [0.15, 0.2) is 0 Å². The van der Waals surface area contributed by atoms with Gasteiger partial charge in [0, 0.05) is 31.9 Å². The predicted octanol–water partition coefficient (Wildman–Crippen LogP) is 2.24. The summed E-state index contributed by atoms with van der Waals surface area (Å²) < 4.78 is 0. The Morgan fingerprint density at radius 2 is 2.14 bits per heavy atom. The molecule has 1 fully saturated rings. The second kappa shape index (κ2) is 7.46. The third-order valence-corrected chi connectivity index (χ3v) is 4.33. The zero-order valence-corrected chi connectivity index (χ0v) is 13.2. The van der Waals surface area contributed by atoms with Crippen LogP contribution >= 0.6 is 0 Å². The Hall–Kier alpha value is -1.55. The monoisotopic (exact) mass is 289 g/mol. The summed E-state index contributed by atoms with van der Waals surface area (Å²) in [5, 5.41) is 0. The van der Waals surface area contributed by atoms with Crippen LogP contribution in [-0.4, -0.2) is 43.0 Å². The third kappa shape index (κ3) is 3.97. The number of para-hydroxylation sites is 1. The number of rotatable bonds is 5. The Morgan fingerprint density at radius 1 is 1.43 bits per heavy atom. The van der Waals surface area contributed by atoms with E-state index in [0.717, 1.165) is 38.8 Å². The van der Waals surface area contributed by atoms with Gasteiger partial charge in [0.2, 0.25) is 5.91 Å². The van der Waals surface area contributed by atoms with E-state index in [1.807, 2.05) is 18.0 Å². The first-order valence-electron chi connectivity index (χ1n) is 7.95. The first-order chi connectivity index (χ1) is 10.1. The lowest BCUT2D eigenvalue weighted by Gasteiger charge is -2.39. The van der Waals surface area contributed by atoms with Crippen LogP contribution in [0.5, 0.6) is 0 Å². The number of hydrogen-bond donors (Lipinski definition) is 1. The molecule has 0 saturated carbocycles. The van der Waals surface area contributed by atoms with Crippen LogP contribution in [0.2, 0.25) is 0 Å². The van der Waals surface area contributed by atoms with Gasteiger partial charge in [-0.15, -0.1) is 0 Å². The summed E-state index contributed by atoms with van der Waals surface area (Å²) in [7, 11) is 1.90. The molecule has 1 heterocycles. The van der Waals surface area contributed by atoms with Crippen LogP contribution in [0.3, 0.4) is 0 Å². The smallest absolute Gasteiger partial charge is 0.239 e. The van der Waals surface area contributed by atoms with Gasteiger partial charge in [-0.3, -0.25) is 4.79 Å². The number of anilines is 1. The molecule has 0 bridgehead atoms. The van der Waals surface area contributed by atoms with Crippen LogP contribution in [0.4, 0.5) is 5.69 Å². The zero-order valence-electron chi connectivity index (χ0n) is 13.2. The summed E-state index contributed by atoms with van der Waals surface area (Å²) in [6, 6.07) is 10.3. The number of nitrogens with two attached hydrogens (primary N) is 1. The fourth-order valence-electron chi connectivity index (χ4n) is 3.02. The van der Waals surface area contributed by atoms with E-state index in [9.17, 15) is 4.79 Å². The highest BCUT2D eigenvalue weighted by atomic mass is 16.2. The Bertz CT molecular complexity index is 449. The molecule has 4 nitrogen and oxygen atoms in total. The van der Waals surface area contributed by atoms with E-state index in [1.165, 1.54) is 5.69 Å². The number of piperidine rings is 1. The quantitative estimate of drug-likeness (QED) is 0.904. The molecule has 1 aromatic carbocycles. The number of amides is 1. The fraction of sp³-hybridized carbons (Fsp3) is 0.588. The number of carbonyl (C=O) groups is 1. The van der Waals surface area contributed by atoms with Gasteiger partial charge < -0.3 is 15.5 Å². The minimum Gasteiger partial charge on any atom is -0.369 e. The van der Waals surface area contributed by atoms with Crippen molar-refractivity contribution < 1.29 is 4.79 Å². The van der Waals surface area contributed by atoms with Gasteiger partial charge in [-0.2, -0.15) is 0 Å². The summed E-state index contributed by atoms with van der Waals surface area (Å²) in [4.78, 5) is 16.6. The third-order valence-electron chi connectivity index (χ3n) is 4.33. The van der Waals surface area contributed by atoms with Crippen molar-refractivity contribution in [2.24, 2.45) is 5.73 Å². The van der Waals surface area contributed by atoms with Gasteiger partial charge in [-0.1, -0.05) is 31.5 Å². The van der Waals surface area contributed by atoms with E-state index in [4.69, 9.17) is 5.73 Å². The highest BCUT2D eigenvalue weighted by Crippen LogP contribution is 2.22. The maximum Gasteiger partial charge on any atom is 0.239 e. The lowest BCUT2D eigenvalue weighted by molar-refractivity contribution is -0.133. The standard InChI is InChI=1S/C17H27N3O/c1-3-8-16(18)17(21)19(2)15-11-7-12-20(13-15)14-9-5-4-6-10-14/h4-6,9-10,15-16H,3,7-8,11-13,18H2,1-2H3.